The van der Waals surface area contributed by atoms with Crippen molar-refractivity contribution in [3.8, 4) is 28.6 Å². The molecule has 4 rings (SSSR count). The van der Waals surface area contributed by atoms with Crippen LogP contribution in [0, 0.1) is 0 Å². The highest BCUT2D eigenvalue weighted by atomic mass is 16.5. The summed E-state index contributed by atoms with van der Waals surface area (Å²) in [5, 5.41) is 1.12. The molecule has 0 bridgehead atoms. The van der Waals surface area contributed by atoms with Crippen molar-refractivity contribution in [2.24, 2.45) is 0 Å². The minimum absolute atomic E-state index is 0.0862. The van der Waals surface area contributed by atoms with Crippen LogP contribution in [0.25, 0.3) is 33.3 Å². The van der Waals surface area contributed by atoms with Crippen LogP contribution in [0.5, 0.6) is 17.2 Å². The van der Waals surface area contributed by atoms with Gasteiger partial charge in [-0.1, -0.05) is 6.07 Å². The second kappa shape index (κ2) is 6.15. The van der Waals surface area contributed by atoms with Gasteiger partial charge in [-0.25, -0.2) is 0 Å². The Balaban J connectivity index is 2.18. The molecule has 26 heavy (non-hydrogen) atoms. The van der Waals surface area contributed by atoms with E-state index in [0.29, 0.717) is 39.0 Å². The van der Waals surface area contributed by atoms with E-state index in [1.165, 1.54) is 21.3 Å². The first-order valence-electron chi connectivity index (χ1n) is 7.92. The van der Waals surface area contributed by atoms with E-state index >= 15 is 0 Å². The predicted molar refractivity (Wildman–Crippen MR) is 97.3 cm³/mol. The lowest BCUT2D eigenvalue weighted by Gasteiger charge is -2.15. The fourth-order valence-corrected chi connectivity index (χ4v) is 3.10. The standard InChI is InChI=1S/C20H16O6/c1-22-14-5-4-6-15(23-2)16(14)19-20(24-3)17(21)12-7-8-13-11(9-10-25-13)18(12)26-19/h4-10H,1-3H3. The van der Waals surface area contributed by atoms with E-state index in [0.717, 1.165) is 0 Å². The monoisotopic (exact) mass is 352 g/mol. The van der Waals surface area contributed by atoms with Crippen LogP contribution >= 0.6 is 0 Å². The topological polar surface area (TPSA) is 71.0 Å². The van der Waals surface area contributed by atoms with E-state index in [1.807, 2.05) is 0 Å². The van der Waals surface area contributed by atoms with Gasteiger partial charge in [0.2, 0.25) is 11.2 Å². The Bertz CT molecular complexity index is 1150. The Labute approximate surface area is 148 Å². The molecule has 0 fully saturated rings. The number of ether oxygens (including phenoxy) is 3. The summed E-state index contributed by atoms with van der Waals surface area (Å²) in [5.41, 5.74) is 1.28. The molecule has 2 heterocycles. The molecule has 0 saturated carbocycles. The zero-order valence-corrected chi connectivity index (χ0v) is 14.5. The Kier molecular flexibility index (Phi) is 3.80. The molecular weight excluding hydrogens is 336 g/mol. The normalized spacial score (nSPS) is 11.0. The summed E-state index contributed by atoms with van der Waals surface area (Å²) in [6.45, 7) is 0. The molecule has 132 valence electrons. The van der Waals surface area contributed by atoms with Gasteiger partial charge in [0.15, 0.2) is 5.76 Å². The highest BCUT2D eigenvalue weighted by molar-refractivity contribution is 6.03. The van der Waals surface area contributed by atoms with Gasteiger partial charge in [-0.05, 0) is 30.3 Å². The Morgan fingerprint density at radius 2 is 1.58 bits per heavy atom. The first kappa shape index (κ1) is 16.1. The molecule has 0 unspecified atom stereocenters. The van der Waals surface area contributed by atoms with Gasteiger partial charge in [0.1, 0.15) is 28.2 Å². The molecule has 6 nitrogen and oxygen atoms in total. The van der Waals surface area contributed by atoms with Crippen molar-refractivity contribution in [2.75, 3.05) is 21.3 Å². The van der Waals surface area contributed by atoms with Crippen LogP contribution in [-0.4, -0.2) is 21.3 Å². The number of furan rings is 1. The number of benzene rings is 2. The molecule has 0 spiro atoms. The third-order valence-corrected chi connectivity index (χ3v) is 4.31. The second-order valence-corrected chi connectivity index (χ2v) is 5.61. The van der Waals surface area contributed by atoms with Gasteiger partial charge < -0.3 is 23.0 Å². The first-order valence-corrected chi connectivity index (χ1v) is 7.92. The lowest BCUT2D eigenvalue weighted by Crippen LogP contribution is -2.08. The minimum Gasteiger partial charge on any atom is -0.496 e. The Morgan fingerprint density at radius 1 is 0.846 bits per heavy atom. The van der Waals surface area contributed by atoms with Crippen molar-refractivity contribution >= 4 is 21.9 Å². The predicted octanol–water partition coefficient (Wildman–Crippen LogP) is 4.23. The van der Waals surface area contributed by atoms with Gasteiger partial charge in [-0.2, -0.15) is 0 Å². The smallest absolute Gasteiger partial charge is 0.235 e. The third-order valence-electron chi connectivity index (χ3n) is 4.31. The summed E-state index contributed by atoms with van der Waals surface area (Å²) < 4.78 is 27.9. The summed E-state index contributed by atoms with van der Waals surface area (Å²) in [7, 11) is 4.51. The van der Waals surface area contributed by atoms with Gasteiger partial charge in [-0.3, -0.25) is 4.79 Å². The van der Waals surface area contributed by atoms with Crippen molar-refractivity contribution < 1.29 is 23.0 Å². The van der Waals surface area contributed by atoms with Crippen molar-refractivity contribution in [2.45, 2.75) is 0 Å². The highest BCUT2D eigenvalue weighted by Gasteiger charge is 2.24. The Hall–Kier alpha value is -3.41. The third kappa shape index (κ3) is 2.23. The van der Waals surface area contributed by atoms with Crippen LogP contribution in [0.1, 0.15) is 0 Å². The highest BCUT2D eigenvalue weighted by Crippen LogP contribution is 2.43. The second-order valence-electron chi connectivity index (χ2n) is 5.61. The van der Waals surface area contributed by atoms with Crippen LogP contribution in [-0.2, 0) is 0 Å². The van der Waals surface area contributed by atoms with Crippen LogP contribution < -0.4 is 19.6 Å². The maximum absolute atomic E-state index is 13.0. The molecule has 0 aliphatic rings. The molecule has 0 aliphatic heterocycles. The quantitative estimate of drug-likeness (QED) is 0.547. The summed E-state index contributed by atoms with van der Waals surface area (Å²) in [6.07, 6.45) is 1.55. The molecule has 2 aromatic heterocycles. The van der Waals surface area contributed by atoms with Gasteiger partial charge in [0.25, 0.3) is 0 Å². The fourth-order valence-electron chi connectivity index (χ4n) is 3.10. The zero-order valence-electron chi connectivity index (χ0n) is 14.5. The molecule has 0 radical (unpaired) electrons. The summed E-state index contributed by atoms with van der Waals surface area (Å²) in [4.78, 5) is 13.0. The van der Waals surface area contributed by atoms with Gasteiger partial charge in [-0.15, -0.1) is 0 Å². The number of hydrogen-bond donors (Lipinski definition) is 0. The summed E-state index contributed by atoms with van der Waals surface area (Å²) in [5.74, 6) is 1.34. The molecular formula is C20H16O6. The van der Waals surface area contributed by atoms with Crippen LogP contribution in [0.15, 0.2) is 56.3 Å². The molecule has 0 saturated heterocycles. The molecule has 0 atom stereocenters. The molecule has 2 aromatic carbocycles. The largest absolute Gasteiger partial charge is 0.496 e. The zero-order chi connectivity index (χ0) is 18.3. The van der Waals surface area contributed by atoms with Crippen molar-refractivity contribution in [1.29, 1.82) is 0 Å². The van der Waals surface area contributed by atoms with E-state index in [4.69, 9.17) is 23.0 Å². The molecule has 0 aliphatic carbocycles. The van der Waals surface area contributed by atoms with Crippen molar-refractivity contribution in [1.82, 2.24) is 0 Å². The fraction of sp³-hybridized carbons (Fsp3) is 0.150. The van der Waals surface area contributed by atoms with Crippen LogP contribution in [0.2, 0.25) is 0 Å². The van der Waals surface area contributed by atoms with Gasteiger partial charge in [0.05, 0.1) is 38.4 Å². The summed E-state index contributed by atoms with van der Waals surface area (Å²) >= 11 is 0. The average molecular weight is 352 g/mol. The first-order chi connectivity index (χ1) is 12.7. The lowest BCUT2D eigenvalue weighted by molar-refractivity contribution is 0.384. The van der Waals surface area contributed by atoms with E-state index in [-0.39, 0.29) is 16.9 Å². The molecule has 6 heteroatoms. The maximum Gasteiger partial charge on any atom is 0.235 e. The maximum atomic E-state index is 13.0. The number of fused-ring (bicyclic) bond motifs is 3. The van der Waals surface area contributed by atoms with Crippen LogP contribution in [0.4, 0.5) is 0 Å². The van der Waals surface area contributed by atoms with Crippen molar-refractivity contribution in [3.63, 3.8) is 0 Å². The van der Waals surface area contributed by atoms with E-state index in [1.54, 1.807) is 42.7 Å². The van der Waals surface area contributed by atoms with Gasteiger partial charge in [0, 0.05) is 0 Å². The molecule has 4 aromatic rings. The Morgan fingerprint density at radius 3 is 2.23 bits per heavy atom. The van der Waals surface area contributed by atoms with E-state index in [9.17, 15) is 4.79 Å². The SMILES string of the molecule is COc1cccc(OC)c1-c1oc2c(ccc3occc32)c(=O)c1OC. The average Bonchev–Trinajstić information content (AvgIpc) is 3.16. The number of hydrogen-bond acceptors (Lipinski definition) is 6. The molecule has 0 amide bonds. The van der Waals surface area contributed by atoms with Crippen LogP contribution in [0.3, 0.4) is 0 Å². The van der Waals surface area contributed by atoms with Gasteiger partial charge >= 0.3 is 0 Å². The van der Waals surface area contributed by atoms with E-state index < -0.39 is 0 Å². The summed E-state index contributed by atoms with van der Waals surface area (Å²) in [6, 6.07) is 10.5. The lowest BCUT2D eigenvalue weighted by atomic mass is 10.1. The number of rotatable bonds is 4. The number of methoxy groups -OCH3 is 3. The van der Waals surface area contributed by atoms with E-state index in [2.05, 4.69) is 0 Å². The molecule has 0 N–H and O–H groups in total. The van der Waals surface area contributed by atoms with Crippen molar-refractivity contribution in [3.05, 3.63) is 52.9 Å². The minimum atomic E-state index is -0.278.